The van der Waals surface area contributed by atoms with Crippen molar-refractivity contribution in [1.29, 1.82) is 0 Å². The molecule has 0 atom stereocenters. The predicted molar refractivity (Wildman–Crippen MR) is 128 cm³/mol. The average molecular weight is 496 g/mol. The molecule has 0 spiro atoms. The standard InChI is InChI=1S/C23H27Cl2N3O5/c1-15(2)32-11-5-10-26-22(29)23(30)28-27-13-17-6-4-7-20(31-3)21(17)33-14-16-8-9-18(24)19(25)12-16/h4,6-9,12-13,15H,5,10-11,14H2,1-3H3,(H,26,29)(H,28,30)/b27-13-. The maximum Gasteiger partial charge on any atom is 0.329 e. The monoisotopic (exact) mass is 495 g/mol. The fourth-order valence-corrected chi connectivity index (χ4v) is 2.94. The Bertz CT molecular complexity index is 983. The quantitative estimate of drug-likeness (QED) is 0.212. The summed E-state index contributed by atoms with van der Waals surface area (Å²) in [6, 6.07) is 10.4. The Kier molecular flexibility index (Phi) is 11.0. The number of rotatable bonds is 11. The maximum absolute atomic E-state index is 11.9. The molecule has 2 rings (SSSR count). The lowest BCUT2D eigenvalue weighted by Crippen LogP contribution is -2.38. The summed E-state index contributed by atoms with van der Waals surface area (Å²) < 4.78 is 16.7. The van der Waals surface area contributed by atoms with Gasteiger partial charge in [0.1, 0.15) is 6.61 Å². The topological polar surface area (TPSA) is 98.2 Å². The third-order valence-electron chi connectivity index (χ3n) is 4.23. The molecule has 0 saturated heterocycles. The van der Waals surface area contributed by atoms with Crippen LogP contribution in [0.3, 0.4) is 0 Å². The van der Waals surface area contributed by atoms with Gasteiger partial charge in [-0.2, -0.15) is 5.10 Å². The first-order chi connectivity index (χ1) is 15.8. The van der Waals surface area contributed by atoms with E-state index in [1.54, 1.807) is 36.4 Å². The van der Waals surface area contributed by atoms with E-state index in [4.69, 9.17) is 37.4 Å². The summed E-state index contributed by atoms with van der Waals surface area (Å²) in [7, 11) is 1.51. The Morgan fingerprint density at radius 1 is 1.12 bits per heavy atom. The zero-order chi connectivity index (χ0) is 24.2. The van der Waals surface area contributed by atoms with Crippen molar-refractivity contribution in [3.05, 3.63) is 57.6 Å². The highest BCUT2D eigenvalue weighted by molar-refractivity contribution is 6.42. The van der Waals surface area contributed by atoms with Gasteiger partial charge in [-0.1, -0.05) is 35.3 Å². The van der Waals surface area contributed by atoms with E-state index in [0.29, 0.717) is 46.7 Å². The highest BCUT2D eigenvalue weighted by Crippen LogP contribution is 2.31. The van der Waals surface area contributed by atoms with Crippen LogP contribution in [0.1, 0.15) is 31.4 Å². The highest BCUT2D eigenvalue weighted by Gasteiger charge is 2.13. The molecule has 0 radical (unpaired) electrons. The minimum atomic E-state index is -0.878. The normalized spacial score (nSPS) is 11.0. The Labute approximate surface area is 203 Å². The van der Waals surface area contributed by atoms with Crippen LogP contribution in [0.5, 0.6) is 11.5 Å². The number of halogens is 2. The minimum Gasteiger partial charge on any atom is -0.493 e. The molecule has 8 nitrogen and oxygen atoms in total. The van der Waals surface area contributed by atoms with Crippen molar-refractivity contribution in [2.45, 2.75) is 33.0 Å². The maximum atomic E-state index is 11.9. The van der Waals surface area contributed by atoms with E-state index in [2.05, 4.69) is 15.8 Å². The smallest absolute Gasteiger partial charge is 0.329 e. The molecule has 33 heavy (non-hydrogen) atoms. The third kappa shape index (κ3) is 8.92. The van der Waals surface area contributed by atoms with Gasteiger partial charge in [0.2, 0.25) is 0 Å². The fourth-order valence-electron chi connectivity index (χ4n) is 2.62. The lowest BCUT2D eigenvalue weighted by molar-refractivity contribution is -0.139. The van der Waals surface area contributed by atoms with Crippen LogP contribution in [0.25, 0.3) is 0 Å². The number of carbonyl (C=O) groups is 2. The first kappa shape index (κ1) is 26.4. The molecule has 0 aliphatic rings. The molecular weight excluding hydrogens is 469 g/mol. The SMILES string of the molecule is COc1cccc(/C=N\NC(=O)C(=O)NCCCOC(C)C)c1OCc1ccc(Cl)c(Cl)c1. The first-order valence-corrected chi connectivity index (χ1v) is 11.0. The number of benzene rings is 2. The molecule has 0 bridgehead atoms. The second kappa shape index (κ2) is 13.7. The van der Waals surface area contributed by atoms with E-state index >= 15 is 0 Å². The lowest BCUT2D eigenvalue weighted by Gasteiger charge is -2.13. The minimum absolute atomic E-state index is 0.118. The van der Waals surface area contributed by atoms with Crippen LogP contribution < -0.4 is 20.2 Å². The van der Waals surface area contributed by atoms with Crippen LogP contribution in [0.2, 0.25) is 10.0 Å². The molecule has 0 heterocycles. The van der Waals surface area contributed by atoms with E-state index in [9.17, 15) is 9.59 Å². The van der Waals surface area contributed by atoms with Crippen molar-refractivity contribution in [2.75, 3.05) is 20.3 Å². The van der Waals surface area contributed by atoms with E-state index in [-0.39, 0.29) is 12.7 Å². The van der Waals surface area contributed by atoms with Crippen LogP contribution in [0, 0.1) is 0 Å². The summed E-state index contributed by atoms with van der Waals surface area (Å²) >= 11 is 12.0. The zero-order valence-corrected chi connectivity index (χ0v) is 20.2. The van der Waals surface area contributed by atoms with E-state index in [0.717, 1.165) is 5.56 Å². The number of hydrogen-bond acceptors (Lipinski definition) is 6. The second-order valence-corrected chi connectivity index (χ2v) is 7.96. The van der Waals surface area contributed by atoms with Gasteiger partial charge in [-0.3, -0.25) is 9.59 Å². The van der Waals surface area contributed by atoms with Crippen LogP contribution >= 0.6 is 23.2 Å². The number of nitrogens with zero attached hydrogens (tertiary/aromatic N) is 1. The van der Waals surface area contributed by atoms with Crippen molar-refractivity contribution < 1.29 is 23.8 Å². The third-order valence-corrected chi connectivity index (χ3v) is 4.97. The van der Waals surface area contributed by atoms with Gasteiger partial charge in [-0.15, -0.1) is 0 Å². The second-order valence-electron chi connectivity index (χ2n) is 7.14. The molecule has 2 amide bonds. The number of amides is 2. The highest BCUT2D eigenvalue weighted by atomic mass is 35.5. The number of hydrazone groups is 1. The van der Waals surface area contributed by atoms with Gasteiger partial charge in [0.25, 0.3) is 0 Å². The van der Waals surface area contributed by atoms with E-state index < -0.39 is 11.8 Å². The molecule has 178 valence electrons. The molecule has 0 aromatic heterocycles. The molecule has 10 heteroatoms. The summed E-state index contributed by atoms with van der Waals surface area (Å²) in [5.41, 5.74) is 3.55. The Morgan fingerprint density at radius 3 is 2.61 bits per heavy atom. The van der Waals surface area contributed by atoms with Crippen LogP contribution in [0.4, 0.5) is 0 Å². The van der Waals surface area contributed by atoms with Crippen LogP contribution in [-0.2, 0) is 20.9 Å². The van der Waals surface area contributed by atoms with Crippen molar-refractivity contribution in [2.24, 2.45) is 5.10 Å². The summed E-state index contributed by atoms with van der Waals surface area (Å²) in [6.45, 7) is 4.88. The molecule has 0 unspecified atom stereocenters. The summed E-state index contributed by atoms with van der Waals surface area (Å²) in [4.78, 5) is 23.8. The van der Waals surface area contributed by atoms with Crippen molar-refractivity contribution in [1.82, 2.24) is 10.7 Å². The van der Waals surface area contributed by atoms with Crippen molar-refractivity contribution in [3.8, 4) is 11.5 Å². The molecule has 2 aromatic carbocycles. The number of methoxy groups -OCH3 is 1. The largest absolute Gasteiger partial charge is 0.493 e. The molecule has 0 aliphatic carbocycles. The van der Waals surface area contributed by atoms with Gasteiger partial charge in [0.05, 0.1) is 29.5 Å². The molecule has 0 saturated carbocycles. The van der Waals surface area contributed by atoms with Gasteiger partial charge in [-0.05, 0) is 50.1 Å². The number of nitrogens with one attached hydrogen (secondary N) is 2. The van der Waals surface area contributed by atoms with E-state index in [1.165, 1.54) is 13.3 Å². The average Bonchev–Trinajstić information content (AvgIpc) is 2.79. The van der Waals surface area contributed by atoms with Crippen LogP contribution in [0.15, 0.2) is 41.5 Å². The predicted octanol–water partition coefficient (Wildman–Crippen LogP) is 3.96. The molecular formula is C23H27Cl2N3O5. The molecule has 2 N–H and O–H groups in total. The lowest BCUT2D eigenvalue weighted by atomic mass is 10.2. The van der Waals surface area contributed by atoms with Gasteiger partial charge in [0, 0.05) is 18.7 Å². The molecule has 2 aromatic rings. The Balaban J connectivity index is 1.95. The zero-order valence-electron chi connectivity index (χ0n) is 18.7. The van der Waals surface area contributed by atoms with Gasteiger partial charge in [-0.25, -0.2) is 5.43 Å². The number of ether oxygens (including phenoxy) is 3. The molecule has 0 aliphatic heterocycles. The Morgan fingerprint density at radius 2 is 1.91 bits per heavy atom. The van der Waals surface area contributed by atoms with Crippen LogP contribution in [-0.4, -0.2) is 44.4 Å². The van der Waals surface area contributed by atoms with Gasteiger partial charge < -0.3 is 19.5 Å². The van der Waals surface area contributed by atoms with Gasteiger partial charge >= 0.3 is 11.8 Å². The Hall–Kier alpha value is -2.81. The summed E-state index contributed by atoms with van der Waals surface area (Å²) in [6.07, 6.45) is 2.09. The first-order valence-electron chi connectivity index (χ1n) is 10.3. The number of carbonyl (C=O) groups excluding carboxylic acids is 2. The van der Waals surface area contributed by atoms with E-state index in [1.807, 2.05) is 13.8 Å². The molecule has 0 fully saturated rings. The fraction of sp³-hybridized carbons (Fsp3) is 0.348. The number of hydrogen-bond donors (Lipinski definition) is 2. The van der Waals surface area contributed by atoms with Gasteiger partial charge in [0.15, 0.2) is 11.5 Å². The van der Waals surface area contributed by atoms with Crippen molar-refractivity contribution in [3.63, 3.8) is 0 Å². The van der Waals surface area contributed by atoms with Crippen molar-refractivity contribution >= 4 is 41.2 Å². The summed E-state index contributed by atoms with van der Waals surface area (Å²) in [5, 5.41) is 7.25. The summed E-state index contributed by atoms with van der Waals surface area (Å²) in [5.74, 6) is -0.763. The number of para-hydroxylation sites is 1.